The molecule has 2 fully saturated rings. The molecule has 0 aromatic heterocycles. The average Bonchev–Trinajstić information content (AvgIpc) is 2.22. The lowest BCUT2D eigenvalue weighted by atomic mass is 9.47. The second-order valence-corrected chi connectivity index (χ2v) is 7.16. The van der Waals surface area contributed by atoms with Gasteiger partial charge in [0.05, 0.1) is 6.10 Å². The molecule has 2 saturated carbocycles. The first-order chi connectivity index (χ1) is 7.92. The zero-order chi connectivity index (χ0) is 12.7. The first-order valence-corrected chi connectivity index (χ1v) is 7.21. The van der Waals surface area contributed by atoms with Crippen molar-refractivity contribution in [2.24, 2.45) is 22.7 Å². The Balaban J connectivity index is 2.28. The fourth-order valence-corrected chi connectivity index (χ4v) is 4.97. The average molecular weight is 240 g/mol. The maximum Gasteiger partial charge on any atom is 0.0574 e. The smallest absolute Gasteiger partial charge is 0.0574 e. The third kappa shape index (κ3) is 2.15. The van der Waals surface area contributed by atoms with Crippen molar-refractivity contribution in [3.63, 3.8) is 0 Å². The van der Waals surface area contributed by atoms with Crippen molar-refractivity contribution in [3.8, 4) is 0 Å². The van der Waals surface area contributed by atoms with Crippen LogP contribution in [0.1, 0.15) is 59.3 Å². The second-order valence-electron chi connectivity index (χ2n) is 7.16. The van der Waals surface area contributed by atoms with Crippen LogP contribution in [0.25, 0.3) is 0 Å². The third-order valence-corrected chi connectivity index (χ3v) is 5.78. The molecule has 0 bridgehead atoms. The summed E-state index contributed by atoms with van der Waals surface area (Å²) in [6.07, 6.45) is 6.47. The molecule has 100 valence electrons. The van der Waals surface area contributed by atoms with Gasteiger partial charge in [-0.15, -0.1) is 0 Å². The molecular weight excluding hydrogens is 212 g/mol. The van der Waals surface area contributed by atoms with Gasteiger partial charge in [0.25, 0.3) is 0 Å². The van der Waals surface area contributed by atoms with E-state index in [1.165, 1.54) is 19.3 Å². The summed E-state index contributed by atoms with van der Waals surface area (Å²) in [5.74, 6) is 1.01. The van der Waals surface area contributed by atoms with Crippen LogP contribution in [0.15, 0.2) is 0 Å². The van der Waals surface area contributed by atoms with Gasteiger partial charge >= 0.3 is 0 Å². The Hall–Kier alpha value is -0.0800. The van der Waals surface area contributed by atoms with Crippen LogP contribution in [-0.4, -0.2) is 22.9 Å². The van der Waals surface area contributed by atoms with Gasteiger partial charge in [-0.05, 0) is 54.8 Å². The highest BCUT2D eigenvalue weighted by atomic mass is 16.3. The molecule has 2 N–H and O–H groups in total. The molecule has 0 saturated heterocycles. The van der Waals surface area contributed by atoms with Gasteiger partial charge in [0, 0.05) is 6.61 Å². The lowest BCUT2D eigenvalue weighted by molar-refractivity contribution is -0.128. The molecule has 2 aliphatic rings. The highest BCUT2D eigenvalue weighted by Crippen LogP contribution is 2.60. The van der Waals surface area contributed by atoms with Gasteiger partial charge in [-0.2, -0.15) is 0 Å². The van der Waals surface area contributed by atoms with Gasteiger partial charge < -0.3 is 10.2 Å². The highest BCUT2D eigenvalue weighted by Gasteiger charge is 2.53. The summed E-state index contributed by atoms with van der Waals surface area (Å²) >= 11 is 0. The standard InChI is InChI=1S/C15H28O2/c1-14(2)8-4-9-15(3)11(7-10-16)12(17)5-6-13(14)15/h11-13,16-17H,4-10H2,1-3H3/t11-,12-,13?,15?/m1/s1. The minimum absolute atomic E-state index is 0.197. The van der Waals surface area contributed by atoms with Crippen molar-refractivity contribution >= 4 is 0 Å². The van der Waals surface area contributed by atoms with Crippen LogP contribution in [0.4, 0.5) is 0 Å². The second kappa shape index (κ2) is 4.55. The van der Waals surface area contributed by atoms with Crippen molar-refractivity contribution < 1.29 is 10.2 Å². The van der Waals surface area contributed by atoms with Gasteiger partial charge in [-0.3, -0.25) is 0 Å². The number of aliphatic hydroxyl groups is 2. The molecule has 0 heterocycles. The summed E-state index contributed by atoms with van der Waals surface area (Å²) in [4.78, 5) is 0. The Morgan fingerprint density at radius 3 is 2.47 bits per heavy atom. The van der Waals surface area contributed by atoms with Crippen LogP contribution < -0.4 is 0 Å². The fraction of sp³-hybridized carbons (Fsp3) is 1.00. The molecule has 0 aliphatic heterocycles. The molecule has 4 atom stereocenters. The van der Waals surface area contributed by atoms with Crippen molar-refractivity contribution in [1.82, 2.24) is 0 Å². The molecule has 0 aromatic rings. The summed E-state index contributed by atoms with van der Waals surface area (Å²) in [6.45, 7) is 7.36. The van der Waals surface area contributed by atoms with E-state index in [0.717, 1.165) is 19.3 Å². The van der Waals surface area contributed by atoms with Crippen LogP contribution in [0.5, 0.6) is 0 Å². The number of hydrogen-bond donors (Lipinski definition) is 2. The quantitative estimate of drug-likeness (QED) is 0.779. The minimum atomic E-state index is -0.197. The SMILES string of the molecule is CC1(C)CCCC2(C)C1CC[C@@H](O)[C@H]2CCO. The summed E-state index contributed by atoms with van der Waals surface area (Å²) in [7, 11) is 0. The zero-order valence-electron chi connectivity index (χ0n) is 11.6. The lowest BCUT2D eigenvalue weighted by Crippen LogP contribution is -2.53. The summed E-state index contributed by atoms with van der Waals surface area (Å²) in [5.41, 5.74) is 0.642. The molecule has 2 nitrogen and oxygen atoms in total. The molecule has 0 radical (unpaired) electrons. The Kier molecular flexibility index (Phi) is 3.57. The molecule has 2 aliphatic carbocycles. The van der Waals surface area contributed by atoms with Crippen molar-refractivity contribution in [2.45, 2.75) is 65.4 Å². The van der Waals surface area contributed by atoms with Crippen molar-refractivity contribution in [1.29, 1.82) is 0 Å². The number of aliphatic hydroxyl groups excluding tert-OH is 2. The molecular formula is C15H28O2. The largest absolute Gasteiger partial charge is 0.396 e. The zero-order valence-corrected chi connectivity index (χ0v) is 11.6. The van der Waals surface area contributed by atoms with Crippen LogP contribution in [0, 0.1) is 22.7 Å². The topological polar surface area (TPSA) is 40.5 Å². The Morgan fingerprint density at radius 1 is 1.12 bits per heavy atom. The van der Waals surface area contributed by atoms with E-state index in [1.807, 2.05) is 0 Å². The van der Waals surface area contributed by atoms with E-state index in [4.69, 9.17) is 0 Å². The molecule has 2 rings (SSSR count). The predicted molar refractivity (Wildman–Crippen MR) is 69.7 cm³/mol. The molecule has 2 unspecified atom stereocenters. The van der Waals surface area contributed by atoms with Crippen molar-refractivity contribution in [2.75, 3.05) is 6.61 Å². The molecule has 2 heteroatoms. The van der Waals surface area contributed by atoms with Gasteiger partial charge in [0.2, 0.25) is 0 Å². The normalized spacial score (nSPS) is 45.4. The van der Waals surface area contributed by atoms with Gasteiger partial charge in [0.15, 0.2) is 0 Å². The summed E-state index contributed by atoms with van der Waals surface area (Å²) in [6, 6.07) is 0. The van der Waals surface area contributed by atoms with E-state index < -0.39 is 0 Å². The first kappa shape index (κ1) is 13.4. The summed E-state index contributed by atoms with van der Waals surface area (Å²) in [5, 5.41) is 19.5. The van der Waals surface area contributed by atoms with Crippen LogP contribution in [-0.2, 0) is 0 Å². The van der Waals surface area contributed by atoms with Crippen LogP contribution in [0.2, 0.25) is 0 Å². The van der Waals surface area contributed by atoms with E-state index >= 15 is 0 Å². The number of rotatable bonds is 2. The summed E-state index contributed by atoms with van der Waals surface area (Å²) < 4.78 is 0. The van der Waals surface area contributed by atoms with Crippen LogP contribution >= 0.6 is 0 Å². The molecule has 17 heavy (non-hydrogen) atoms. The van der Waals surface area contributed by atoms with E-state index in [0.29, 0.717) is 17.3 Å². The van der Waals surface area contributed by atoms with E-state index in [-0.39, 0.29) is 18.1 Å². The number of fused-ring (bicyclic) bond motifs is 1. The van der Waals surface area contributed by atoms with Crippen molar-refractivity contribution in [3.05, 3.63) is 0 Å². The fourth-order valence-electron chi connectivity index (χ4n) is 4.97. The van der Waals surface area contributed by atoms with Crippen LogP contribution in [0.3, 0.4) is 0 Å². The third-order valence-electron chi connectivity index (χ3n) is 5.78. The van der Waals surface area contributed by atoms with Gasteiger partial charge in [0.1, 0.15) is 0 Å². The molecule has 0 spiro atoms. The van der Waals surface area contributed by atoms with Gasteiger partial charge in [-0.1, -0.05) is 27.2 Å². The van der Waals surface area contributed by atoms with E-state index in [1.54, 1.807) is 0 Å². The lowest BCUT2D eigenvalue weighted by Gasteiger charge is -2.58. The molecule has 0 amide bonds. The monoisotopic (exact) mass is 240 g/mol. The number of hydrogen-bond acceptors (Lipinski definition) is 2. The Bertz CT molecular complexity index is 274. The van der Waals surface area contributed by atoms with E-state index in [2.05, 4.69) is 20.8 Å². The maximum atomic E-state index is 10.3. The predicted octanol–water partition coefficient (Wildman–Crippen LogP) is 2.97. The first-order valence-electron chi connectivity index (χ1n) is 7.21. The Labute approximate surface area is 105 Å². The highest BCUT2D eigenvalue weighted by molar-refractivity contribution is 5.03. The Morgan fingerprint density at radius 2 is 1.82 bits per heavy atom. The maximum absolute atomic E-state index is 10.3. The minimum Gasteiger partial charge on any atom is -0.396 e. The van der Waals surface area contributed by atoms with Gasteiger partial charge in [-0.25, -0.2) is 0 Å². The van der Waals surface area contributed by atoms with E-state index in [9.17, 15) is 10.2 Å². The molecule has 0 aromatic carbocycles.